The van der Waals surface area contributed by atoms with E-state index in [1.807, 2.05) is 31.2 Å². The summed E-state index contributed by atoms with van der Waals surface area (Å²) in [6.45, 7) is 3.15. The molecule has 0 aliphatic heterocycles. The van der Waals surface area contributed by atoms with Crippen LogP contribution in [0.2, 0.25) is 5.15 Å². The number of anilines is 1. The lowest BCUT2D eigenvalue weighted by Crippen LogP contribution is -2.24. The number of hydrogen-bond acceptors (Lipinski definition) is 6. The summed E-state index contributed by atoms with van der Waals surface area (Å²) >= 11 is 6.07. The zero-order valence-electron chi connectivity index (χ0n) is 17.1. The van der Waals surface area contributed by atoms with Crippen LogP contribution in [-0.2, 0) is 17.8 Å². The SMILES string of the molecule is CCCCOC(=O)NCc1ccc(CNc2c([N+](=O)[O-])c(Cl)nc3ccccc23)cc1. The van der Waals surface area contributed by atoms with E-state index in [1.165, 1.54) is 0 Å². The Labute approximate surface area is 184 Å². The van der Waals surface area contributed by atoms with Gasteiger partial charge in [-0.2, -0.15) is 0 Å². The first-order valence-electron chi connectivity index (χ1n) is 9.94. The molecule has 3 aromatic rings. The van der Waals surface area contributed by atoms with E-state index in [0.717, 1.165) is 24.0 Å². The van der Waals surface area contributed by atoms with Crippen molar-refractivity contribution in [3.63, 3.8) is 0 Å². The van der Waals surface area contributed by atoms with Crippen molar-refractivity contribution in [1.82, 2.24) is 10.3 Å². The predicted molar refractivity (Wildman–Crippen MR) is 120 cm³/mol. The minimum Gasteiger partial charge on any atom is -0.450 e. The Hall–Kier alpha value is -3.39. The van der Waals surface area contributed by atoms with Gasteiger partial charge in [0.05, 0.1) is 17.0 Å². The summed E-state index contributed by atoms with van der Waals surface area (Å²) in [6.07, 6.45) is 1.37. The number of aromatic nitrogens is 1. The van der Waals surface area contributed by atoms with E-state index in [0.29, 0.717) is 36.3 Å². The topological polar surface area (TPSA) is 106 Å². The van der Waals surface area contributed by atoms with E-state index < -0.39 is 11.0 Å². The minimum absolute atomic E-state index is 0.154. The van der Waals surface area contributed by atoms with Crippen LogP contribution in [0, 0.1) is 10.1 Å². The Bertz CT molecular complexity index is 1070. The van der Waals surface area contributed by atoms with Crippen molar-refractivity contribution in [1.29, 1.82) is 0 Å². The number of hydrogen-bond donors (Lipinski definition) is 2. The first-order chi connectivity index (χ1) is 15.0. The molecule has 3 rings (SSSR count). The molecule has 0 saturated carbocycles. The molecule has 9 heteroatoms. The number of alkyl carbamates (subject to hydrolysis) is 1. The Balaban J connectivity index is 1.67. The largest absolute Gasteiger partial charge is 0.450 e. The molecule has 0 atom stereocenters. The van der Waals surface area contributed by atoms with Crippen molar-refractivity contribution in [2.75, 3.05) is 11.9 Å². The number of carbonyl (C=O) groups excluding carboxylic acids is 1. The Morgan fingerprint density at radius 2 is 1.81 bits per heavy atom. The molecule has 0 saturated heterocycles. The Kier molecular flexibility index (Phi) is 7.61. The minimum atomic E-state index is -0.529. The number of carbonyl (C=O) groups is 1. The number of rotatable bonds is 9. The molecule has 0 aliphatic rings. The van der Waals surface area contributed by atoms with Crippen LogP contribution in [0.3, 0.4) is 0 Å². The van der Waals surface area contributed by atoms with Gasteiger partial charge >= 0.3 is 11.8 Å². The van der Waals surface area contributed by atoms with Crippen LogP contribution in [0.25, 0.3) is 10.9 Å². The number of nitrogens with zero attached hydrogens (tertiary/aromatic N) is 2. The second-order valence-corrected chi connectivity index (χ2v) is 7.27. The van der Waals surface area contributed by atoms with E-state index in [4.69, 9.17) is 16.3 Å². The summed E-state index contributed by atoms with van der Waals surface area (Å²) in [5, 5.41) is 17.9. The van der Waals surface area contributed by atoms with Crippen molar-refractivity contribution in [3.05, 3.63) is 74.9 Å². The molecular formula is C22H23ClN4O4. The lowest BCUT2D eigenvalue weighted by molar-refractivity contribution is -0.384. The third-order valence-corrected chi connectivity index (χ3v) is 4.93. The first-order valence-corrected chi connectivity index (χ1v) is 10.3. The Morgan fingerprint density at radius 3 is 2.48 bits per heavy atom. The standard InChI is InChI=1S/C22H23ClN4O4/c1-2-3-12-31-22(28)25-14-16-10-8-15(9-11-16)13-24-19-17-6-4-5-7-18(17)26-21(23)20(19)27(29)30/h4-11H,2-3,12-14H2,1H3,(H,24,26)(H,25,28). The van der Waals surface area contributed by atoms with Crippen LogP contribution in [0.5, 0.6) is 0 Å². The Morgan fingerprint density at radius 1 is 1.13 bits per heavy atom. The molecule has 0 bridgehead atoms. The lowest BCUT2D eigenvalue weighted by Gasteiger charge is -2.12. The van der Waals surface area contributed by atoms with Gasteiger partial charge in [0, 0.05) is 18.5 Å². The third kappa shape index (κ3) is 5.82. The molecule has 1 heterocycles. The average Bonchev–Trinajstić information content (AvgIpc) is 2.76. The van der Waals surface area contributed by atoms with Gasteiger partial charge in [-0.1, -0.05) is 67.4 Å². The number of ether oxygens (including phenoxy) is 1. The number of amides is 1. The van der Waals surface area contributed by atoms with Gasteiger partial charge in [0.1, 0.15) is 5.69 Å². The van der Waals surface area contributed by atoms with Crippen molar-refractivity contribution in [2.24, 2.45) is 0 Å². The highest BCUT2D eigenvalue weighted by molar-refractivity contribution is 6.33. The maximum atomic E-state index is 11.6. The zero-order valence-corrected chi connectivity index (χ0v) is 17.8. The maximum absolute atomic E-state index is 11.6. The highest BCUT2D eigenvalue weighted by atomic mass is 35.5. The fraction of sp³-hybridized carbons (Fsp3) is 0.273. The lowest BCUT2D eigenvalue weighted by atomic mass is 10.1. The highest BCUT2D eigenvalue weighted by Gasteiger charge is 2.23. The zero-order chi connectivity index (χ0) is 22.2. The normalized spacial score (nSPS) is 10.6. The molecule has 0 fully saturated rings. The van der Waals surface area contributed by atoms with Crippen molar-refractivity contribution in [2.45, 2.75) is 32.9 Å². The van der Waals surface area contributed by atoms with Gasteiger partial charge in [-0.25, -0.2) is 9.78 Å². The molecule has 8 nitrogen and oxygen atoms in total. The van der Waals surface area contributed by atoms with Crippen molar-refractivity contribution >= 4 is 40.0 Å². The van der Waals surface area contributed by atoms with Gasteiger partial charge in [0.15, 0.2) is 0 Å². The summed E-state index contributed by atoms with van der Waals surface area (Å²) < 4.78 is 5.06. The van der Waals surface area contributed by atoms with Gasteiger partial charge in [0.25, 0.3) is 0 Å². The number of pyridine rings is 1. The number of benzene rings is 2. The second kappa shape index (κ2) is 10.6. The number of halogens is 1. The molecule has 0 aliphatic carbocycles. The van der Waals surface area contributed by atoms with Crippen LogP contribution in [0.15, 0.2) is 48.5 Å². The molecule has 0 unspecified atom stereocenters. The molecule has 0 spiro atoms. The smallest absolute Gasteiger partial charge is 0.407 e. The summed E-state index contributed by atoms with van der Waals surface area (Å²) in [4.78, 5) is 26.8. The first kappa shape index (κ1) is 22.3. The van der Waals surface area contributed by atoms with Crippen LogP contribution in [-0.4, -0.2) is 22.6 Å². The number of para-hydroxylation sites is 1. The molecular weight excluding hydrogens is 420 g/mol. The fourth-order valence-corrected chi connectivity index (χ4v) is 3.27. The summed E-state index contributed by atoms with van der Waals surface area (Å²) in [5.41, 5.74) is 2.50. The molecule has 1 amide bonds. The quantitative estimate of drug-likeness (QED) is 0.198. The number of unbranched alkanes of at least 4 members (excludes halogenated alkanes) is 1. The predicted octanol–water partition coefficient (Wildman–Crippen LogP) is 5.43. The van der Waals surface area contributed by atoms with Gasteiger partial charge in [-0.3, -0.25) is 10.1 Å². The van der Waals surface area contributed by atoms with E-state index >= 15 is 0 Å². The van der Waals surface area contributed by atoms with E-state index in [1.54, 1.807) is 24.3 Å². The van der Waals surface area contributed by atoms with Crippen LogP contribution < -0.4 is 10.6 Å². The summed E-state index contributed by atoms with van der Waals surface area (Å²) in [6, 6.07) is 14.7. The van der Waals surface area contributed by atoms with Crippen molar-refractivity contribution in [3.8, 4) is 0 Å². The summed E-state index contributed by atoms with van der Waals surface area (Å²) in [7, 11) is 0. The molecule has 1 aromatic heterocycles. The van der Waals surface area contributed by atoms with Gasteiger partial charge < -0.3 is 15.4 Å². The highest BCUT2D eigenvalue weighted by Crippen LogP contribution is 2.37. The number of nitrogens with one attached hydrogen (secondary N) is 2. The molecule has 2 aromatic carbocycles. The molecule has 0 radical (unpaired) electrons. The number of fused-ring (bicyclic) bond motifs is 1. The number of nitro groups is 1. The summed E-state index contributed by atoms with van der Waals surface area (Å²) in [5.74, 6) is 0. The molecule has 31 heavy (non-hydrogen) atoms. The fourth-order valence-electron chi connectivity index (χ4n) is 3.02. The van der Waals surface area contributed by atoms with E-state index in [2.05, 4.69) is 15.6 Å². The maximum Gasteiger partial charge on any atom is 0.407 e. The second-order valence-electron chi connectivity index (χ2n) is 6.91. The molecule has 162 valence electrons. The third-order valence-electron chi connectivity index (χ3n) is 4.67. The van der Waals surface area contributed by atoms with Crippen LogP contribution >= 0.6 is 11.6 Å². The average molecular weight is 443 g/mol. The van der Waals surface area contributed by atoms with Gasteiger partial charge in [-0.05, 0) is 23.6 Å². The van der Waals surface area contributed by atoms with Gasteiger partial charge in [-0.15, -0.1) is 0 Å². The van der Waals surface area contributed by atoms with Crippen molar-refractivity contribution < 1.29 is 14.5 Å². The monoisotopic (exact) mass is 442 g/mol. The van der Waals surface area contributed by atoms with Crippen LogP contribution in [0.1, 0.15) is 30.9 Å². The van der Waals surface area contributed by atoms with Crippen LogP contribution in [0.4, 0.5) is 16.2 Å². The van der Waals surface area contributed by atoms with E-state index in [9.17, 15) is 14.9 Å². The van der Waals surface area contributed by atoms with Gasteiger partial charge in [0.2, 0.25) is 5.15 Å². The molecule has 2 N–H and O–H groups in total. The van der Waals surface area contributed by atoms with E-state index in [-0.39, 0.29) is 10.8 Å².